The molecule has 0 spiro atoms. The van der Waals surface area contributed by atoms with Crippen LogP contribution in [0.15, 0.2) is 24.3 Å². The molecule has 3 aliphatic rings. The number of carbonyl (C=O) groups excluding carboxylic acids is 2. The fraction of sp³-hybridized carbons (Fsp3) is 0.588. The first-order chi connectivity index (χ1) is 22.5. The van der Waals surface area contributed by atoms with Crippen LogP contribution in [0, 0.1) is 26.0 Å². The Bertz CT molecular complexity index is 1610. The third kappa shape index (κ3) is 8.32. The first-order valence-corrected chi connectivity index (χ1v) is 17.9. The highest BCUT2D eigenvalue weighted by Gasteiger charge is 2.43. The van der Waals surface area contributed by atoms with Crippen molar-refractivity contribution in [3.05, 3.63) is 68.5 Å². The fourth-order valence-electron chi connectivity index (χ4n) is 7.26. The molecule has 9 nitrogen and oxygen atoms in total. The standard InChI is InChI=1S/C28H38F2N6OS.C6H3NOS/c1-17(2)26-34-33-18(3)36(26)22-15-20-5-6-21(16-22)35(20)14-11-23(24-7-8-25(31-4)38-24)32-27(37)19-9-12-28(29,30)13-10-19;1-7-6-3-2-5(4-8)9-6/h7-8,17,19-23H,5-6,9-16H2,1-3H3,(H,32,37);2-4H/t20?,21?,22?,23-;/m0./s1. The Kier molecular flexibility index (Phi) is 11.2. The van der Waals surface area contributed by atoms with Gasteiger partial charge in [-0.3, -0.25) is 14.5 Å². The number of hydrogen-bond acceptors (Lipinski definition) is 7. The molecule has 0 radical (unpaired) electrons. The van der Waals surface area contributed by atoms with Crippen molar-refractivity contribution < 1.29 is 18.4 Å². The number of amides is 1. The van der Waals surface area contributed by atoms with Gasteiger partial charge in [0, 0.05) is 54.2 Å². The van der Waals surface area contributed by atoms with Crippen molar-refractivity contribution in [2.45, 2.75) is 115 Å². The van der Waals surface area contributed by atoms with Gasteiger partial charge in [-0.15, -0.1) is 10.2 Å². The summed E-state index contributed by atoms with van der Waals surface area (Å²) in [5.41, 5.74) is 0. The lowest BCUT2D eigenvalue weighted by atomic mass is 9.86. The zero-order chi connectivity index (χ0) is 33.7. The summed E-state index contributed by atoms with van der Waals surface area (Å²) in [7, 11) is 0. The van der Waals surface area contributed by atoms with E-state index >= 15 is 0 Å². The molecule has 3 aromatic heterocycles. The van der Waals surface area contributed by atoms with Crippen molar-refractivity contribution in [3.63, 3.8) is 0 Å². The summed E-state index contributed by atoms with van der Waals surface area (Å²) < 4.78 is 29.7. The van der Waals surface area contributed by atoms with Gasteiger partial charge in [-0.25, -0.2) is 18.5 Å². The van der Waals surface area contributed by atoms with Crippen LogP contribution >= 0.6 is 22.7 Å². The zero-order valence-electron chi connectivity index (χ0n) is 27.0. The van der Waals surface area contributed by atoms with Gasteiger partial charge in [0.2, 0.25) is 21.8 Å². The van der Waals surface area contributed by atoms with Gasteiger partial charge in [0.1, 0.15) is 11.6 Å². The molecule has 3 fully saturated rings. The van der Waals surface area contributed by atoms with E-state index in [-0.39, 0.29) is 43.6 Å². The van der Waals surface area contributed by atoms with E-state index in [2.05, 4.69) is 48.5 Å². The van der Waals surface area contributed by atoms with E-state index in [4.69, 9.17) is 13.1 Å². The molecule has 1 amide bonds. The normalized spacial score (nSPS) is 22.9. The third-order valence-electron chi connectivity index (χ3n) is 9.62. The number of piperidine rings is 1. The van der Waals surface area contributed by atoms with Gasteiger partial charge in [-0.2, -0.15) is 22.7 Å². The quantitative estimate of drug-likeness (QED) is 0.180. The van der Waals surface area contributed by atoms with Crippen molar-refractivity contribution in [1.82, 2.24) is 25.0 Å². The van der Waals surface area contributed by atoms with Crippen LogP contribution in [0.4, 0.5) is 18.8 Å². The Labute approximate surface area is 283 Å². The maximum Gasteiger partial charge on any atom is 0.248 e. The van der Waals surface area contributed by atoms with Gasteiger partial charge in [0.15, 0.2) is 6.29 Å². The second kappa shape index (κ2) is 15.1. The number of carbonyl (C=O) groups is 2. The van der Waals surface area contributed by atoms with Crippen LogP contribution in [0.25, 0.3) is 9.69 Å². The number of thiophene rings is 2. The van der Waals surface area contributed by atoms with Crippen molar-refractivity contribution >= 4 is 44.9 Å². The van der Waals surface area contributed by atoms with Crippen LogP contribution in [0.3, 0.4) is 0 Å². The monoisotopic (exact) mass is 681 g/mol. The van der Waals surface area contributed by atoms with E-state index in [9.17, 15) is 18.4 Å². The number of aryl methyl sites for hydroxylation is 1. The molecule has 250 valence electrons. The van der Waals surface area contributed by atoms with E-state index in [1.807, 2.05) is 13.0 Å². The van der Waals surface area contributed by atoms with Crippen molar-refractivity contribution in [1.29, 1.82) is 0 Å². The number of aldehydes is 1. The lowest BCUT2D eigenvalue weighted by Gasteiger charge is -2.40. The largest absolute Gasteiger partial charge is 0.348 e. The Morgan fingerprint density at radius 3 is 2.21 bits per heavy atom. The average molecular weight is 682 g/mol. The first kappa shape index (κ1) is 34.8. The Morgan fingerprint density at radius 2 is 1.66 bits per heavy atom. The summed E-state index contributed by atoms with van der Waals surface area (Å²) in [6.45, 7) is 21.1. The van der Waals surface area contributed by atoms with E-state index in [0.29, 0.717) is 38.9 Å². The van der Waals surface area contributed by atoms with Gasteiger partial charge in [0.25, 0.3) is 0 Å². The highest BCUT2D eigenvalue weighted by molar-refractivity contribution is 7.17. The SMILES string of the molecule is [C-]#[N+]c1ccc(C=O)s1.[C-]#[N+]c1ccc([C@H](CCN2C3CCC2CC(n2c(C)nnc2C(C)C)C3)NC(=O)C2CCC(F)(F)CC2)s1. The molecule has 3 atom stereocenters. The fourth-order valence-corrected chi connectivity index (χ4v) is 8.75. The summed E-state index contributed by atoms with van der Waals surface area (Å²) in [6, 6.07) is 8.19. The van der Waals surface area contributed by atoms with Crippen LogP contribution in [-0.4, -0.2) is 56.4 Å². The molecule has 2 bridgehead atoms. The first-order valence-electron chi connectivity index (χ1n) is 16.3. The molecule has 2 saturated heterocycles. The van der Waals surface area contributed by atoms with Crippen LogP contribution < -0.4 is 5.32 Å². The topological polar surface area (TPSA) is 88.8 Å². The molecule has 5 heterocycles. The molecule has 0 aromatic carbocycles. The van der Waals surface area contributed by atoms with Gasteiger partial charge >= 0.3 is 0 Å². The summed E-state index contributed by atoms with van der Waals surface area (Å²) in [6.07, 6.45) is 5.99. The van der Waals surface area contributed by atoms with Crippen molar-refractivity contribution in [2.75, 3.05) is 6.54 Å². The predicted octanol–water partition coefficient (Wildman–Crippen LogP) is 8.67. The molecular formula is C34H41F2N7O2S2. The molecule has 13 heteroatoms. The molecule has 1 N–H and O–H groups in total. The molecule has 1 saturated carbocycles. The van der Waals surface area contributed by atoms with Crippen LogP contribution in [-0.2, 0) is 4.79 Å². The zero-order valence-corrected chi connectivity index (χ0v) is 28.6. The Hall–Kier alpha value is -3.52. The number of halogens is 2. The molecule has 47 heavy (non-hydrogen) atoms. The predicted molar refractivity (Wildman–Crippen MR) is 180 cm³/mol. The number of hydrogen-bond donors (Lipinski definition) is 1. The molecular weight excluding hydrogens is 641 g/mol. The van der Waals surface area contributed by atoms with E-state index in [0.717, 1.165) is 48.6 Å². The minimum atomic E-state index is -2.65. The van der Waals surface area contributed by atoms with Crippen molar-refractivity contribution in [2.24, 2.45) is 5.92 Å². The summed E-state index contributed by atoms with van der Waals surface area (Å²) in [5, 5.41) is 13.2. The molecule has 2 unspecified atom stereocenters. The number of fused-ring (bicyclic) bond motifs is 2. The van der Waals surface area contributed by atoms with Gasteiger partial charge in [-0.05, 0) is 64.0 Å². The maximum absolute atomic E-state index is 13.6. The highest BCUT2D eigenvalue weighted by atomic mass is 32.1. The average Bonchev–Trinajstić information content (AvgIpc) is 3.85. The second-order valence-corrected chi connectivity index (χ2v) is 15.2. The number of aromatic nitrogens is 3. The maximum atomic E-state index is 13.6. The van der Waals surface area contributed by atoms with Crippen LogP contribution in [0.2, 0.25) is 0 Å². The van der Waals surface area contributed by atoms with Gasteiger partial charge < -0.3 is 9.88 Å². The van der Waals surface area contributed by atoms with Gasteiger partial charge in [0.05, 0.1) is 24.1 Å². The lowest BCUT2D eigenvalue weighted by Crippen LogP contribution is -2.45. The van der Waals surface area contributed by atoms with E-state index < -0.39 is 5.92 Å². The van der Waals surface area contributed by atoms with Crippen molar-refractivity contribution in [3.8, 4) is 0 Å². The van der Waals surface area contributed by atoms with E-state index in [1.54, 1.807) is 18.2 Å². The number of alkyl halides is 2. The van der Waals surface area contributed by atoms with E-state index in [1.165, 1.54) is 35.5 Å². The molecule has 2 aliphatic heterocycles. The highest BCUT2D eigenvalue weighted by Crippen LogP contribution is 2.43. The number of nitrogens with zero attached hydrogens (tertiary/aromatic N) is 6. The Morgan fingerprint density at radius 1 is 1.02 bits per heavy atom. The number of rotatable bonds is 9. The smallest absolute Gasteiger partial charge is 0.248 e. The minimum Gasteiger partial charge on any atom is -0.348 e. The summed E-state index contributed by atoms with van der Waals surface area (Å²) in [4.78, 5) is 34.1. The molecule has 6 rings (SSSR count). The Balaban J connectivity index is 0.000000417. The molecule has 3 aromatic rings. The second-order valence-electron chi connectivity index (χ2n) is 13.1. The van der Waals surface area contributed by atoms with Crippen LogP contribution in [0.1, 0.15) is 116 Å². The molecule has 1 aliphatic carbocycles. The summed E-state index contributed by atoms with van der Waals surface area (Å²) >= 11 is 2.62. The minimum absolute atomic E-state index is 0.130. The third-order valence-corrected chi connectivity index (χ3v) is 11.6. The van der Waals surface area contributed by atoms with Crippen LogP contribution in [0.5, 0.6) is 0 Å². The van der Waals surface area contributed by atoms with Gasteiger partial charge in [-0.1, -0.05) is 26.0 Å². The lowest BCUT2D eigenvalue weighted by molar-refractivity contribution is -0.130. The number of nitrogens with one attached hydrogen (secondary N) is 1. The summed E-state index contributed by atoms with van der Waals surface area (Å²) in [5.74, 6) is -0.764.